The smallest absolute Gasteiger partial charge is 0.150 e. The molecule has 0 radical (unpaired) electrons. The number of aromatic nitrogens is 2. The molecule has 1 aromatic carbocycles. The number of aliphatic hydroxyl groups is 1. The molecule has 1 fully saturated rings. The molecule has 0 bridgehead atoms. The van der Waals surface area contributed by atoms with Crippen LogP contribution in [0, 0.1) is 0 Å². The summed E-state index contributed by atoms with van der Waals surface area (Å²) in [6, 6.07) is 5.50. The van der Waals surface area contributed by atoms with Crippen LogP contribution in [0.3, 0.4) is 0 Å². The lowest BCUT2D eigenvalue weighted by Gasteiger charge is -2.26. The summed E-state index contributed by atoms with van der Waals surface area (Å²) in [6.07, 6.45) is 0.396. The molecule has 1 aromatic heterocycles. The monoisotopic (exact) mass is 309 g/mol. The van der Waals surface area contributed by atoms with Gasteiger partial charge in [0.05, 0.1) is 22.5 Å². The molecule has 3 N–H and O–H groups in total. The highest BCUT2D eigenvalue weighted by Crippen LogP contribution is 2.32. The summed E-state index contributed by atoms with van der Waals surface area (Å²) in [4.78, 5) is 4.47. The second kappa shape index (κ2) is 4.99. The molecule has 0 amide bonds. The molecule has 1 saturated heterocycles. The highest BCUT2D eigenvalue weighted by molar-refractivity contribution is 7.91. The number of hydrogen-bond donors (Lipinski definition) is 2. The number of rotatable bonds is 2. The van der Waals surface area contributed by atoms with Gasteiger partial charge in [-0.2, -0.15) is 0 Å². The molecule has 3 rings (SSSR count). The predicted molar refractivity (Wildman–Crippen MR) is 81.7 cm³/mol. The van der Waals surface area contributed by atoms with Crippen LogP contribution in [0.1, 0.15) is 37.7 Å². The first-order valence-electron chi connectivity index (χ1n) is 7.03. The average Bonchev–Trinajstić information content (AvgIpc) is 2.77. The van der Waals surface area contributed by atoms with Crippen molar-refractivity contribution in [2.24, 2.45) is 0 Å². The van der Waals surface area contributed by atoms with Gasteiger partial charge in [-0.05, 0) is 38.0 Å². The Morgan fingerprint density at radius 2 is 2.05 bits per heavy atom. The fraction of sp³-hybridized carbons (Fsp3) is 0.500. The van der Waals surface area contributed by atoms with E-state index in [4.69, 9.17) is 5.73 Å². The maximum atomic E-state index is 11.6. The summed E-state index contributed by atoms with van der Waals surface area (Å²) >= 11 is 0. The van der Waals surface area contributed by atoms with Crippen molar-refractivity contribution >= 4 is 26.6 Å². The van der Waals surface area contributed by atoms with Crippen LogP contribution in [0.25, 0.3) is 11.0 Å². The normalized spacial score (nSPS) is 20.7. The van der Waals surface area contributed by atoms with Crippen molar-refractivity contribution in [3.8, 4) is 0 Å². The van der Waals surface area contributed by atoms with E-state index >= 15 is 0 Å². The highest BCUT2D eigenvalue weighted by Gasteiger charge is 2.28. The van der Waals surface area contributed by atoms with Gasteiger partial charge in [0.25, 0.3) is 0 Å². The van der Waals surface area contributed by atoms with E-state index in [0.717, 1.165) is 11.0 Å². The highest BCUT2D eigenvalue weighted by atomic mass is 32.2. The third-order valence-corrected chi connectivity index (χ3v) is 5.72. The Kier molecular flexibility index (Phi) is 3.41. The summed E-state index contributed by atoms with van der Waals surface area (Å²) < 4.78 is 25.2. The summed E-state index contributed by atoms with van der Waals surface area (Å²) in [5, 5.41) is 9.98. The van der Waals surface area contributed by atoms with Gasteiger partial charge in [0.15, 0.2) is 0 Å². The van der Waals surface area contributed by atoms with E-state index in [-0.39, 0.29) is 17.5 Å². The summed E-state index contributed by atoms with van der Waals surface area (Å²) in [7, 11) is -2.92. The molecule has 1 aliphatic heterocycles. The molecule has 0 saturated carbocycles. The first-order chi connectivity index (χ1) is 9.87. The van der Waals surface area contributed by atoms with Crippen LogP contribution in [0.5, 0.6) is 0 Å². The van der Waals surface area contributed by atoms with Gasteiger partial charge in [-0.3, -0.25) is 0 Å². The van der Waals surface area contributed by atoms with Crippen LogP contribution < -0.4 is 5.73 Å². The minimum absolute atomic E-state index is 0.0479. The lowest BCUT2D eigenvalue weighted by atomic mass is 10.1. The Balaban J connectivity index is 2.10. The van der Waals surface area contributed by atoms with Gasteiger partial charge in [-0.15, -0.1) is 0 Å². The topological polar surface area (TPSA) is 98.2 Å². The molecule has 7 heteroatoms. The van der Waals surface area contributed by atoms with E-state index in [0.29, 0.717) is 24.4 Å². The number of fused-ring (bicyclic) bond motifs is 1. The minimum atomic E-state index is -2.92. The standard InChI is InChI=1S/C14H19N3O3S/c1-9(18)14-16-12-8-10(15)2-3-13(12)17(14)11-4-6-21(19,20)7-5-11/h2-3,8-9,11,18H,4-7,15H2,1H3. The van der Waals surface area contributed by atoms with Crippen LogP contribution in [0.4, 0.5) is 5.69 Å². The Hall–Kier alpha value is -1.60. The van der Waals surface area contributed by atoms with Crippen LogP contribution in [-0.4, -0.2) is 34.6 Å². The number of aliphatic hydroxyl groups excluding tert-OH is 1. The van der Waals surface area contributed by atoms with Crippen molar-refractivity contribution in [3.63, 3.8) is 0 Å². The van der Waals surface area contributed by atoms with Crippen LogP contribution in [0.15, 0.2) is 18.2 Å². The molecule has 0 aliphatic carbocycles. The predicted octanol–water partition coefficient (Wildman–Crippen LogP) is 1.42. The molecule has 2 aromatic rings. The van der Waals surface area contributed by atoms with Gasteiger partial charge in [-0.25, -0.2) is 13.4 Å². The van der Waals surface area contributed by atoms with E-state index in [1.807, 2.05) is 10.6 Å². The minimum Gasteiger partial charge on any atom is -0.399 e. The van der Waals surface area contributed by atoms with Gasteiger partial charge in [-0.1, -0.05) is 0 Å². The van der Waals surface area contributed by atoms with Crippen LogP contribution in [-0.2, 0) is 9.84 Å². The van der Waals surface area contributed by atoms with Crippen LogP contribution >= 0.6 is 0 Å². The summed E-state index contributed by atoms with van der Waals surface area (Å²) in [5.74, 6) is 0.941. The SMILES string of the molecule is CC(O)c1nc2cc(N)ccc2n1C1CCS(=O)(=O)CC1. The lowest BCUT2D eigenvalue weighted by molar-refractivity contribution is 0.180. The Morgan fingerprint density at radius 3 is 2.67 bits per heavy atom. The van der Waals surface area contributed by atoms with Crippen molar-refractivity contribution < 1.29 is 13.5 Å². The zero-order chi connectivity index (χ0) is 15.2. The summed E-state index contributed by atoms with van der Waals surface area (Å²) in [6.45, 7) is 1.67. The van der Waals surface area contributed by atoms with Gasteiger partial charge < -0.3 is 15.4 Å². The fourth-order valence-corrected chi connectivity index (χ4v) is 4.42. The van der Waals surface area contributed by atoms with Gasteiger partial charge in [0, 0.05) is 11.7 Å². The first-order valence-corrected chi connectivity index (χ1v) is 8.85. The molecule has 1 atom stereocenters. The fourth-order valence-electron chi connectivity index (χ4n) is 2.95. The number of nitrogen functional groups attached to an aromatic ring is 1. The van der Waals surface area contributed by atoms with E-state index in [1.165, 1.54) is 0 Å². The second-order valence-electron chi connectivity index (χ2n) is 5.65. The number of imidazole rings is 1. The number of nitrogens with zero attached hydrogens (tertiary/aromatic N) is 2. The lowest BCUT2D eigenvalue weighted by Crippen LogP contribution is -2.26. The van der Waals surface area contributed by atoms with E-state index in [9.17, 15) is 13.5 Å². The van der Waals surface area contributed by atoms with Gasteiger partial charge in [0.1, 0.15) is 21.8 Å². The Bertz CT molecular complexity index is 766. The molecular weight excluding hydrogens is 290 g/mol. The number of nitrogens with two attached hydrogens (primary N) is 1. The second-order valence-corrected chi connectivity index (χ2v) is 7.95. The number of hydrogen-bond acceptors (Lipinski definition) is 5. The quantitative estimate of drug-likeness (QED) is 0.818. The Labute approximate surface area is 123 Å². The van der Waals surface area contributed by atoms with Crippen molar-refractivity contribution in [2.45, 2.75) is 31.9 Å². The average molecular weight is 309 g/mol. The number of sulfone groups is 1. The van der Waals surface area contributed by atoms with Crippen molar-refractivity contribution in [2.75, 3.05) is 17.2 Å². The van der Waals surface area contributed by atoms with Crippen LogP contribution in [0.2, 0.25) is 0 Å². The van der Waals surface area contributed by atoms with E-state index in [2.05, 4.69) is 4.98 Å². The van der Waals surface area contributed by atoms with Crippen molar-refractivity contribution in [1.82, 2.24) is 9.55 Å². The number of anilines is 1. The summed E-state index contributed by atoms with van der Waals surface area (Å²) in [5.41, 5.74) is 8.03. The molecule has 114 valence electrons. The zero-order valence-electron chi connectivity index (χ0n) is 11.9. The third kappa shape index (κ3) is 2.63. The van der Waals surface area contributed by atoms with Crippen molar-refractivity contribution in [1.29, 1.82) is 0 Å². The maximum Gasteiger partial charge on any atom is 0.150 e. The molecule has 6 nitrogen and oxygen atoms in total. The third-order valence-electron chi connectivity index (χ3n) is 4.00. The van der Waals surface area contributed by atoms with Gasteiger partial charge >= 0.3 is 0 Å². The first kappa shape index (κ1) is 14.3. The molecule has 1 unspecified atom stereocenters. The molecule has 1 aliphatic rings. The zero-order valence-corrected chi connectivity index (χ0v) is 12.7. The number of benzene rings is 1. The maximum absolute atomic E-state index is 11.6. The molecule has 21 heavy (non-hydrogen) atoms. The van der Waals surface area contributed by atoms with Gasteiger partial charge in [0.2, 0.25) is 0 Å². The van der Waals surface area contributed by atoms with E-state index in [1.54, 1.807) is 19.1 Å². The Morgan fingerprint density at radius 1 is 1.38 bits per heavy atom. The largest absolute Gasteiger partial charge is 0.399 e. The van der Waals surface area contributed by atoms with E-state index < -0.39 is 15.9 Å². The molecular formula is C14H19N3O3S. The van der Waals surface area contributed by atoms with Crippen molar-refractivity contribution in [3.05, 3.63) is 24.0 Å². The molecule has 2 heterocycles. The molecule has 0 spiro atoms.